The third-order valence-corrected chi connectivity index (χ3v) is 8.40. The quantitative estimate of drug-likeness (QED) is 0.475. The molecule has 4 aliphatic rings. The van der Waals surface area contributed by atoms with Crippen molar-refractivity contribution in [1.29, 1.82) is 0 Å². The predicted molar refractivity (Wildman–Crippen MR) is 126 cm³/mol. The fourth-order valence-corrected chi connectivity index (χ4v) is 6.87. The first-order chi connectivity index (χ1) is 16.2. The van der Waals surface area contributed by atoms with Gasteiger partial charge in [0.05, 0.1) is 12.0 Å². The van der Waals surface area contributed by atoms with E-state index >= 15 is 0 Å². The van der Waals surface area contributed by atoms with Gasteiger partial charge >= 0.3 is 0 Å². The molecule has 2 aromatic carbocycles. The maximum atomic E-state index is 13.7. The molecule has 1 aliphatic heterocycles. The highest BCUT2D eigenvalue weighted by Crippen LogP contribution is 2.53. The SMILES string of the molecule is O=C1c2ccccc2C(=O)[C@@H]2CC=C[C@H]([C@@H]3C(=O)N(C4CCCCC4)[C@@H]3c3ccccc3)[C@H]12. The monoisotopic (exact) mass is 439 g/mol. The summed E-state index contributed by atoms with van der Waals surface area (Å²) in [6, 6.07) is 17.7. The Hall–Kier alpha value is -3.01. The van der Waals surface area contributed by atoms with Crippen molar-refractivity contribution in [2.24, 2.45) is 23.7 Å². The van der Waals surface area contributed by atoms with Gasteiger partial charge in [0, 0.05) is 34.9 Å². The molecule has 33 heavy (non-hydrogen) atoms. The molecule has 0 unspecified atom stereocenters. The number of Topliss-reactive ketones (excluding diaryl/α,β-unsaturated/α-hetero) is 2. The van der Waals surface area contributed by atoms with Gasteiger partial charge in [-0.1, -0.05) is 86.0 Å². The van der Waals surface area contributed by atoms with Crippen molar-refractivity contribution >= 4 is 17.5 Å². The number of benzene rings is 2. The number of β-lactam (4-membered cyclic amide) rings is 1. The topological polar surface area (TPSA) is 54.5 Å². The van der Waals surface area contributed by atoms with Crippen LogP contribution in [-0.2, 0) is 4.79 Å². The molecule has 4 nitrogen and oxygen atoms in total. The van der Waals surface area contributed by atoms with Gasteiger partial charge in [0.2, 0.25) is 5.91 Å². The van der Waals surface area contributed by atoms with Gasteiger partial charge < -0.3 is 4.90 Å². The van der Waals surface area contributed by atoms with Crippen LogP contribution in [0.25, 0.3) is 0 Å². The van der Waals surface area contributed by atoms with E-state index in [1.807, 2.05) is 36.4 Å². The summed E-state index contributed by atoms with van der Waals surface area (Å²) in [7, 11) is 0. The molecular formula is C29H29NO3. The number of fused-ring (bicyclic) bond motifs is 2. The Kier molecular flexibility index (Phi) is 5.05. The van der Waals surface area contributed by atoms with E-state index in [0.717, 1.165) is 18.4 Å². The lowest BCUT2D eigenvalue weighted by molar-refractivity contribution is -0.168. The molecular weight excluding hydrogens is 410 g/mol. The molecule has 1 heterocycles. The molecule has 0 radical (unpaired) electrons. The molecule has 3 aliphatic carbocycles. The van der Waals surface area contributed by atoms with Crippen LogP contribution in [0, 0.1) is 23.7 Å². The summed E-state index contributed by atoms with van der Waals surface area (Å²) in [5.41, 5.74) is 2.20. The van der Waals surface area contributed by atoms with Gasteiger partial charge in [-0.25, -0.2) is 0 Å². The number of amides is 1. The highest BCUT2D eigenvalue weighted by molar-refractivity contribution is 6.16. The Labute approximate surface area is 194 Å². The van der Waals surface area contributed by atoms with Crippen molar-refractivity contribution in [2.45, 2.75) is 50.6 Å². The molecule has 2 aromatic rings. The van der Waals surface area contributed by atoms with Gasteiger partial charge in [-0.2, -0.15) is 0 Å². The van der Waals surface area contributed by atoms with E-state index in [0.29, 0.717) is 17.5 Å². The number of allylic oxidation sites excluding steroid dienone is 2. The number of hydrogen-bond donors (Lipinski definition) is 0. The van der Waals surface area contributed by atoms with Crippen LogP contribution in [0.15, 0.2) is 66.7 Å². The molecule has 1 saturated heterocycles. The van der Waals surface area contributed by atoms with Crippen molar-refractivity contribution in [3.8, 4) is 0 Å². The van der Waals surface area contributed by atoms with Crippen molar-refractivity contribution < 1.29 is 14.4 Å². The van der Waals surface area contributed by atoms with E-state index in [1.165, 1.54) is 19.3 Å². The Balaban J connectivity index is 1.39. The molecule has 1 amide bonds. The second-order valence-electron chi connectivity index (χ2n) is 10.1. The Morgan fingerprint density at radius 1 is 0.727 bits per heavy atom. The first-order valence-electron chi connectivity index (χ1n) is 12.4. The van der Waals surface area contributed by atoms with Crippen LogP contribution in [0.2, 0.25) is 0 Å². The lowest BCUT2D eigenvalue weighted by atomic mass is 9.58. The summed E-state index contributed by atoms with van der Waals surface area (Å²) < 4.78 is 0. The number of carbonyl (C=O) groups excluding carboxylic acids is 3. The number of hydrogen-bond acceptors (Lipinski definition) is 3. The van der Waals surface area contributed by atoms with E-state index in [2.05, 4.69) is 23.1 Å². The molecule has 4 heteroatoms. The maximum Gasteiger partial charge on any atom is 0.229 e. The van der Waals surface area contributed by atoms with E-state index in [1.54, 1.807) is 12.1 Å². The standard InChI is InChI=1S/C29H29NO3/c31-27-20-14-7-8-15-21(20)28(32)24-22(16-9-17-23(24)27)25-26(18-10-3-1-4-11-18)30(29(25)33)19-12-5-2-6-13-19/h1,3-4,7-11,14-16,19,22-26H,2,5-6,12-13,17H2/t22-,23+,24-,25-,26+/m0/s1. The normalized spacial score (nSPS) is 31.7. The van der Waals surface area contributed by atoms with Crippen LogP contribution in [0.3, 0.4) is 0 Å². The molecule has 2 fully saturated rings. The van der Waals surface area contributed by atoms with Crippen molar-refractivity contribution in [3.63, 3.8) is 0 Å². The second-order valence-corrected chi connectivity index (χ2v) is 10.1. The lowest BCUT2D eigenvalue weighted by Gasteiger charge is -2.56. The Bertz CT molecular complexity index is 1130. The molecule has 0 bridgehead atoms. The average molecular weight is 440 g/mol. The highest BCUT2D eigenvalue weighted by atomic mass is 16.2. The van der Waals surface area contributed by atoms with Crippen LogP contribution in [0.5, 0.6) is 0 Å². The Morgan fingerprint density at radius 3 is 2.12 bits per heavy atom. The van der Waals surface area contributed by atoms with Crippen LogP contribution in [0.4, 0.5) is 0 Å². The summed E-state index contributed by atoms with van der Waals surface area (Å²) in [6.07, 6.45) is 10.3. The third-order valence-electron chi connectivity index (χ3n) is 8.40. The molecule has 0 aromatic heterocycles. The molecule has 0 N–H and O–H groups in total. The van der Waals surface area contributed by atoms with Crippen LogP contribution in [-0.4, -0.2) is 28.4 Å². The van der Waals surface area contributed by atoms with Crippen LogP contribution in [0.1, 0.15) is 70.8 Å². The van der Waals surface area contributed by atoms with Gasteiger partial charge in [-0.3, -0.25) is 14.4 Å². The third kappa shape index (κ3) is 3.14. The zero-order valence-electron chi connectivity index (χ0n) is 18.7. The summed E-state index contributed by atoms with van der Waals surface area (Å²) in [6.45, 7) is 0. The fourth-order valence-electron chi connectivity index (χ4n) is 6.87. The minimum atomic E-state index is -0.453. The molecule has 168 valence electrons. The van der Waals surface area contributed by atoms with Crippen LogP contribution >= 0.6 is 0 Å². The molecule has 1 saturated carbocycles. The van der Waals surface area contributed by atoms with Gasteiger partial charge in [0.1, 0.15) is 0 Å². The molecule has 0 spiro atoms. The number of likely N-dealkylation sites (tertiary alicyclic amines) is 1. The highest BCUT2D eigenvalue weighted by Gasteiger charge is 2.58. The summed E-state index contributed by atoms with van der Waals surface area (Å²) >= 11 is 0. The summed E-state index contributed by atoms with van der Waals surface area (Å²) in [4.78, 5) is 42.9. The van der Waals surface area contributed by atoms with E-state index in [-0.39, 0.29) is 47.3 Å². The zero-order chi connectivity index (χ0) is 22.5. The van der Waals surface area contributed by atoms with E-state index < -0.39 is 5.92 Å². The van der Waals surface area contributed by atoms with Crippen molar-refractivity contribution in [3.05, 3.63) is 83.4 Å². The second kappa shape index (κ2) is 8.09. The van der Waals surface area contributed by atoms with Crippen molar-refractivity contribution in [1.82, 2.24) is 4.90 Å². The maximum absolute atomic E-state index is 13.7. The van der Waals surface area contributed by atoms with Gasteiger partial charge in [-0.05, 0) is 24.8 Å². The predicted octanol–water partition coefficient (Wildman–Crippen LogP) is 5.41. The smallest absolute Gasteiger partial charge is 0.229 e. The lowest BCUT2D eigenvalue weighted by Crippen LogP contribution is -2.63. The fraction of sp³-hybridized carbons (Fsp3) is 0.414. The molecule has 6 rings (SSSR count). The number of rotatable bonds is 3. The van der Waals surface area contributed by atoms with Gasteiger partial charge in [0.15, 0.2) is 11.6 Å². The zero-order valence-corrected chi connectivity index (χ0v) is 18.7. The van der Waals surface area contributed by atoms with Gasteiger partial charge in [-0.15, -0.1) is 0 Å². The summed E-state index contributed by atoms with van der Waals surface area (Å²) in [5, 5.41) is 0. The van der Waals surface area contributed by atoms with Crippen LogP contribution < -0.4 is 0 Å². The number of carbonyl (C=O) groups is 3. The Morgan fingerprint density at radius 2 is 1.39 bits per heavy atom. The summed E-state index contributed by atoms with van der Waals surface area (Å²) in [5.74, 6) is -1.12. The minimum Gasteiger partial charge on any atom is -0.332 e. The van der Waals surface area contributed by atoms with E-state index in [9.17, 15) is 14.4 Å². The minimum absolute atomic E-state index is 0.0280. The van der Waals surface area contributed by atoms with Crippen molar-refractivity contribution in [2.75, 3.05) is 0 Å². The first kappa shape index (κ1) is 20.6. The largest absolute Gasteiger partial charge is 0.332 e. The first-order valence-corrected chi connectivity index (χ1v) is 12.4. The average Bonchev–Trinajstić information content (AvgIpc) is 2.87. The van der Waals surface area contributed by atoms with Gasteiger partial charge in [0.25, 0.3) is 0 Å². The molecule has 5 atom stereocenters. The number of ketones is 2. The van der Waals surface area contributed by atoms with E-state index in [4.69, 9.17) is 0 Å². The number of nitrogens with zero attached hydrogens (tertiary/aromatic N) is 1.